The molecule has 1 aromatic carbocycles. The van der Waals surface area contributed by atoms with Crippen molar-refractivity contribution in [1.29, 1.82) is 0 Å². The van der Waals surface area contributed by atoms with E-state index >= 15 is 0 Å². The lowest BCUT2D eigenvalue weighted by Crippen LogP contribution is -2.02. The summed E-state index contributed by atoms with van der Waals surface area (Å²) in [6.45, 7) is 0.570. The second kappa shape index (κ2) is 5.86. The van der Waals surface area contributed by atoms with Crippen molar-refractivity contribution in [3.8, 4) is 5.88 Å². The van der Waals surface area contributed by atoms with Crippen molar-refractivity contribution >= 4 is 11.7 Å². The number of carboxylic acids is 1. The summed E-state index contributed by atoms with van der Waals surface area (Å²) < 4.78 is 4.98. The van der Waals surface area contributed by atoms with E-state index in [1.165, 1.54) is 0 Å². The molecular formula is C14H14N2O3. The first-order valence-electron chi connectivity index (χ1n) is 5.75. The number of aromatic carboxylic acids is 1. The molecular weight excluding hydrogens is 244 g/mol. The van der Waals surface area contributed by atoms with Gasteiger partial charge in [-0.25, -0.2) is 9.78 Å². The smallest absolute Gasteiger partial charge is 0.335 e. The first-order valence-corrected chi connectivity index (χ1v) is 5.75. The standard InChI is InChI=1S/C14H14N2O3/c1-19-13-6-5-10(9-16-13)8-15-12-4-2-3-11(7-12)14(17)18/h2-7,9,15H,8H2,1H3,(H,17,18). The molecule has 5 nitrogen and oxygen atoms in total. The second-order valence-corrected chi connectivity index (χ2v) is 3.95. The number of nitrogens with zero attached hydrogens (tertiary/aromatic N) is 1. The molecule has 0 amide bonds. The van der Waals surface area contributed by atoms with Crippen molar-refractivity contribution in [2.75, 3.05) is 12.4 Å². The molecule has 2 rings (SSSR count). The molecule has 0 bridgehead atoms. The zero-order valence-corrected chi connectivity index (χ0v) is 10.5. The maximum atomic E-state index is 10.8. The highest BCUT2D eigenvalue weighted by molar-refractivity contribution is 5.88. The lowest BCUT2D eigenvalue weighted by atomic mass is 10.2. The fraction of sp³-hybridized carbons (Fsp3) is 0.143. The molecule has 0 spiro atoms. The maximum absolute atomic E-state index is 10.8. The molecule has 0 saturated heterocycles. The first kappa shape index (κ1) is 12.9. The summed E-state index contributed by atoms with van der Waals surface area (Å²) in [6.07, 6.45) is 1.72. The van der Waals surface area contributed by atoms with E-state index in [1.807, 2.05) is 12.1 Å². The molecule has 2 N–H and O–H groups in total. The Morgan fingerprint density at radius 1 is 1.37 bits per heavy atom. The second-order valence-electron chi connectivity index (χ2n) is 3.95. The normalized spacial score (nSPS) is 9.95. The first-order chi connectivity index (χ1) is 9.19. The Morgan fingerprint density at radius 3 is 2.84 bits per heavy atom. The number of hydrogen-bond donors (Lipinski definition) is 2. The number of carboxylic acid groups (broad SMARTS) is 1. The van der Waals surface area contributed by atoms with Gasteiger partial charge in [0.15, 0.2) is 0 Å². The SMILES string of the molecule is COc1ccc(CNc2cccc(C(=O)O)c2)cn1. The number of rotatable bonds is 5. The molecule has 1 heterocycles. The van der Waals surface area contributed by atoms with Crippen LogP contribution in [0.3, 0.4) is 0 Å². The third kappa shape index (κ3) is 3.45. The van der Waals surface area contributed by atoms with Crippen molar-refractivity contribution in [3.05, 3.63) is 53.7 Å². The van der Waals surface area contributed by atoms with Gasteiger partial charge in [0.25, 0.3) is 0 Å². The van der Waals surface area contributed by atoms with E-state index in [0.29, 0.717) is 12.4 Å². The van der Waals surface area contributed by atoms with Gasteiger partial charge in [-0.2, -0.15) is 0 Å². The van der Waals surface area contributed by atoms with Gasteiger partial charge in [-0.3, -0.25) is 0 Å². The van der Waals surface area contributed by atoms with Gasteiger partial charge in [0.1, 0.15) is 0 Å². The van der Waals surface area contributed by atoms with Crippen LogP contribution in [-0.4, -0.2) is 23.2 Å². The fourth-order valence-corrected chi connectivity index (χ4v) is 1.60. The van der Waals surface area contributed by atoms with E-state index in [0.717, 1.165) is 11.3 Å². The summed E-state index contributed by atoms with van der Waals surface area (Å²) in [6, 6.07) is 10.4. The third-order valence-corrected chi connectivity index (χ3v) is 2.61. The molecule has 19 heavy (non-hydrogen) atoms. The zero-order chi connectivity index (χ0) is 13.7. The van der Waals surface area contributed by atoms with Crippen molar-refractivity contribution in [1.82, 2.24) is 4.98 Å². The predicted molar refractivity (Wildman–Crippen MR) is 71.5 cm³/mol. The molecule has 0 saturated carbocycles. The van der Waals surface area contributed by atoms with Crippen molar-refractivity contribution in [2.45, 2.75) is 6.54 Å². The molecule has 1 aromatic heterocycles. The van der Waals surface area contributed by atoms with E-state index in [2.05, 4.69) is 10.3 Å². The van der Waals surface area contributed by atoms with Crippen LogP contribution < -0.4 is 10.1 Å². The molecule has 2 aromatic rings. The average molecular weight is 258 g/mol. The minimum atomic E-state index is -0.935. The van der Waals surface area contributed by atoms with E-state index in [4.69, 9.17) is 9.84 Å². The summed E-state index contributed by atoms with van der Waals surface area (Å²) in [5.41, 5.74) is 2.01. The van der Waals surface area contributed by atoms with Crippen LogP contribution in [0.2, 0.25) is 0 Å². The van der Waals surface area contributed by atoms with Crippen molar-refractivity contribution < 1.29 is 14.6 Å². The quantitative estimate of drug-likeness (QED) is 0.861. The highest BCUT2D eigenvalue weighted by Gasteiger charge is 2.03. The Balaban J connectivity index is 2.01. The van der Waals surface area contributed by atoms with Crippen LogP contribution in [0, 0.1) is 0 Å². The minimum Gasteiger partial charge on any atom is -0.481 e. The Labute approximate surface area is 110 Å². The van der Waals surface area contributed by atoms with Crippen LogP contribution in [0.25, 0.3) is 0 Å². The summed E-state index contributed by atoms with van der Waals surface area (Å²) in [5, 5.41) is 12.1. The number of aromatic nitrogens is 1. The van der Waals surface area contributed by atoms with Crippen LogP contribution in [0.15, 0.2) is 42.6 Å². The van der Waals surface area contributed by atoms with Gasteiger partial charge in [-0.1, -0.05) is 12.1 Å². The number of benzene rings is 1. The van der Waals surface area contributed by atoms with Gasteiger partial charge >= 0.3 is 5.97 Å². The number of ether oxygens (including phenoxy) is 1. The molecule has 0 fully saturated rings. The van der Waals surface area contributed by atoms with Crippen LogP contribution in [0.4, 0.5) is 5.69 Å². The van der Waals surface area contributed by atoms with Gasteiger partial charge in [0.2, 0.25) is 5.88 Å². The topological polar surface area (TPSA) is 71.5 Å². The van der Waals surface area contributed by atoms with Crippen molar-refractivity contribution in [2.24, 2.45) is 0 Å². The van der Waals surface area contributed by atoms with E-state index in [1.54, 1.807) is 37.6 Å². The molecule has 98 valence electrons. The van der Waals surface area contributed by atoms with Gasteiger partial charge in [-0.15, -0.1) is 0 Å². The highest BCUT2D eigenvalue weighted by atomic mass is 16.5. The van der Waals surface area contributed by atoms with Crippen LogP contribution >= 0.6 is 0 Å². The van der Waals surface area contributed by atoms with E-state index in [-0.39, 0.29) is 5.56 Å². The Morgan fingerprint density at radius 2 is 2.21 bits per heavy atom. The number of hydrogen-bond acceptors (Lipinski definition) is 4. The van der Waals surface area contributed by atoms with Gasteiger partial charge in [-0.05, 0) is 23.8 Å². The lowest BCUT2D eigenvalue weighted by Gasteiger charge is -2.07. The van der Waals surface area contributed by atoms with Crippen LogP contribution in [0.1, 0.15) is 15.9 Å². The largest absolute Gasteiger partial charge is 0.481 e. The van der Waals surface area contributed by atoms with Crippen LogP contribution in [0.5, 0.6) is 5.88 Å². The number of methoxy groups -OCH3 is 1. The highest BCUT2D eigenvalue weighted by Crippen LogP contribution is 2.13. The minimum absolute atomic E-state index is 0.262. The lowest BCUT2D eigenvalue weighted by molar-refractivity contribution is 0.0697. The summed E-state index contributed by atoms with van der Waals surface area (Å²) in [7, 11) is 1.57. The average Bonchev–Trinajstić information content (AvgIpc) is 2.46. The summed E-state index contributed by atoms with van der Waals surface area (Å²) in [4.78, 5) is 14.9. The number of pyridine rings is 1. The molecule has 0 atom stereocenters. The Kier molecular flexibility index (Phi) is 3.97. The van der Waals surface area contributed by atoms with Gasteiger partial charge < -0.3 is 15.2 Å². The molecule has 0 aliphatic heterocycles. The summed E-state index contributed by atoms with van der Waals surface area (Å²) in [5.74, 6) is -0.369. The zero-order valence-electron chi connectivity index (χ0n) is 10.5. The monoisotopic (exact) mass is 258 g/mol. The van der Waals surface area contributed by atoms with Gasteiger partial charge in [0.05, 0.1) is 12.7 Å². The fourth-order valence-electron chi connectivity index (χ4n) is 1.60. The third-order valence-electron chi connectivity index (χ3n) is 2.61. The van der Waals surface area contributed by atoms with Crippen LogP contribution in [-0.2, 0) is 6.54 Å². The Hall–Kier alpha value is -2.56. The maximum Gasteiger partial charge on any atom is 0.335 e. The van der Waals surface area contributed by atoms with Gasteiger partial charge in [0, 0.05) is 24.5 Å². The van der Waals surface area contributed by atoms with E-state index in [9.17, 15) is 4.79 Å². The summed E-state index contributed by atoms with van der Waals surface area (Å²) >= 11 is 0. The number of anilines is 1. The molecule has 0 aliphatic carbocycles. The number of nitrogens with one attached hydrogen (secondary N) is 1. The molecule has 0 aliphatic rings. The Bertz CT molecular complexity index is 567. The molecule has 5 heteroatoms. The number of carbonyl (C=O) groups is 1. The predicted octanol–water partition coefficient (Wildman–Crippen LogP) is 2.40. The molecule has 0 radical (unpaired) electrons. The molecule has 0 unspecified atom stereocenters. The van der Waals surface area contributed by atoms with E-state index < -0.39 is 5.97 Å². The van der Waals surface area contributed by atoms with Crippen molar-refractivity contribution in [3.63, 3.8) is 0 Å².